The molecule has 0 radical (unpaired) electrons. The molecule has 0 amide bonds. The summed E-state index contributed by atoms with van der Waals surface area (Å²) >= 11 is 7.11. The molecule has 0 atom stereocenters. The van der Waals surface area contributed by atoms with Gasteiger partial charge < -0.3 is 0 Å². The van der Waals surface area contributed by atoms with Crippen molar-refractivity contribution >= 4 is 25.3 Å². The monoisotopic (exact) mass is 294 g/mol. The zero-order chi connectivity index (χ0) is 10.2. The Bertz CT molecular complexity index is 125. The van der Waals surface area contributed by atoms with Gasteiger partial charge in [-0.2, -0.15) is 0 Å². The fourth-order valence-corrected chi connectivity index (χ4v) is 2.66. The second-order valence-corrected chi connectivity index (χ2v) is 4.89. The van der Waals surface area contributed by atoms with Crippen molar-refractivity contribution in [1.29, 1.82) is 0 Å². The van der Waals surface area contributed by atoms with Crippen LogP contribution in [0.5, 0.6) is 0 Å². The summed E-state index contributed by atoms with van der Waals surface area (Å²) in [4.78, 5) is 5.13. The van der Waals surface area contributed by atoms with Crippen molar-refractivity contribution in [3.8, 4) is 0 Å². The minimum absolute atomic E-state index is 0. The van der Waals surface area contributed by atoms with Crippen molar-refractivity contribution in [3.63, 3.8) is 0 Å². The van der Waals surface area contributed by atoms with E-state index >= 15 is 0 Å². The largest absolute Gasteiger partial charge is 0.299 e. The standard InChI is InChI=1S/C10H22N2S2.Ni/c13-9-7-11-3-1-4-12(8-10-14)6-2-5-11;/h13-14H,1-10H2;/p+2. The van der Waals surface area contributed by atoms with Gasteiger partial charge in [0.25, 0.3) is 0 Å². The normalized spacial score (nSPS) is 20.4. The minimum Gasteiger partial charge on any atom is -0.299 e. The molecular weight excluding hydrogens is 271 g/mol. The Morgan fingerprint density at radius 3 is 1.33 bits per heavy atom. The molecule has 0 unspecified atom stereocenters. The van der Waals surface area contributed by atoms with Gasteiger partial charge in [-0.05, 0) is 64.3 Å². The van der Waals surface area contributed by atoms with Crippen LogP contribution in [0.15, 0.2) is 0 Å². The van der Waals surface area contributed by atoms with Crippen LogP contribution >= 0.6 is 0 Å². The zero-order valence-electron chi connectivity index (χ0n) is 9.28. The molecule has 0 aromatic carbocycles. The number of nitrogens with zero attached hydrogens (tertiary/aromatic N) is 2. The van der Waals surface area contributed by atoms with Crippen LogP contribution in [0.25, 0.3) is 0 Å². The Balaban J connectivity index is 0.00000196. The fourth-order valence-electron chi connectivity index (χ4n) is 2.02. The van der Waals surface area contributed by atoms with E-state index in [2.05, 4.69) is 35.1 Å². The molecule has 0 bridgehead atoms. The smallest absolute Gasteiger partial charge is 0.116 e. The summed E-state index contributed by atoms with van der Waals surface area (Å²) in [5.74, 6) is 2.20. The van der Waals surface area contributed by atoms with Crippen molar-refractivity contribution in [2.24, 2.45) is 0 Å². The van der Waals surface area contributed by atoms with Crippen LogP contribution in [-0.4, -0.2) is 60.6 Å². The number of hydrogen-bond donors (Lipinski definition) is 0. The molecule has 0 aromatic rings. The van der Waals surface area contributed by atoms with Gasteiger partial charge >= 0.3 is 0 Å². The second kappa shape index (κ2) is 10.3. The van der Waals surface area contributed by atoms with E-state index in [0.29, 0.717) is 0 Å². The summed E-state index contributed by atoms with van der Waals surface area (Å²) in [6.45, 7) is 7.47. The van der Waals surface area contributed by atoms with E-state index in [4.69, 9.17) is 0 Å². The van der Waals surface area contributed by atoms with Gasteiger partial charge in [-0.25, -0.2) is 0 Å². The van der Waals surface area contributed by atoms with E-state index in [0.717, 1.165) is 11.5 Å². The van der Waals surface area contributed by atoms with Crippen LogP contribution in [0.3, 0.4) is 0 Å². The maximum atomic E-state index is 3.55. The molecule has 1 rings (SSSR count). The first-order chi connectivity index (χ1) is 6.86. The summed E-state index contributed by atoms with van der Waals surface area (Å²) in [5.41, 5.74) is 0. The van der Waals surface area contributed by atoms with Crippen molar-refractivity contribution < 1.29 is 16.5 Å². The molecular formula is C10H24N2NiS2+2. The first-order valence-electron chi connectivity index (χ1n) is 5.60. The summed E-state index contributed by atoms with van der Waals surface area (Å²) in [5, 5.41) is 0. The van der Waals surface area contributed by atoms with E-state index in [1.54, 1.807) is 0 Å². The molecule has 94 valence electrons. The van der Waals surface area contributed by atoms with Crippen LogP contribution in [0.2, 0.25) is 0 Å². The van der Waals surface area contributed by atoms with Gasteiger partial charge in [0.15, 0.2) is 0 Å². The van der Waals surface area contributed by atoms with E-state index in [1.807, 2.05) is 0 Å². The van der Waals surface area contributed by atoms with Crippen LogP contribution in [0, 0.1) is 0 Å². The number of rotatable bonds is 4. The third-order valence-electron chi connectivity index (χ3n) is 2.75. The first kappa shape index (κ1) is 16.1. The topological polar surface area (TPSA) is 6.48 Å². The molecule has 1 heterocycles. The Morgan fingerprint density at radius 2 is 1.07 bits per heavy atom. The fraction of sp³-hybridized carbons (Fsp3) is 1.00. The van der Waals surface area contributed by atoms with Gasteiger partial charge in [0.2, 0.25) is 0 Å². The predicted molar refractivity (Wildman–Crippen MR) is 72.2 cm³/mol. The van der Waals surface area contributed by atoms with E-state index < -0.39 is 0 Å². The molecule has 15 heavy (non-hydrogen) atoms. The summed E-state index contributed by atoms with van der Waals surface area (Å²) in [6, 6.07) is 0. The quantitative estimate of drug-likeness (QED) is 0.505. The summed E-state index contributed by atoms with van der Waals surface area (Å²) in [7, 11) is 0. The predicted octanol–water partition coefficient (Wildman–Crippen LogP) is -0.595. The molecule has 5 heteroatoms. The molecule has 1 fully saturated rings. The van der Waals surface area contributed by atoms with Crippen molar-refractivity contribution in [2.75, 3.05) is 50.8 Å². The number of hydrogen-bond acceptors (Lipinski definition) is 2. The second-order valence-electron chi connectivity index (χ2n) is 3.89. The van der Waals surface area contributed by atoms with Gasteiger partial charge in [-0.1, -0.05) is 0 Å². The Hall–Kier alpha value is 1.11. The van der Waals surface area contributed by atoms with E-state index in [-0.39, 0.29) is 16.5 Å². The average molecular weight is 295 g/mol. The molecule has 0 spiro atoms. The average Bonchev–Trinajstić information content (AvgIpc) is 2.13. The third-order valence-corrected chi connectivity index (χ3v) is 3.20. The maximum Gasteiger partial charge on any atom is 0.116 e. The molecule has 0 aliphatic carbocycles. The van der Waals surface area contributed by atoms with Gasteiger partial charge in [0.05, 0.1) is 0 Å². The molecule has 0 N–H and O–H groups in total. The SMILES string of the molecule is [Ni].[SH2+]CCN1CCCN(CC[SH2+])CCC1. The van der Waals surface area contributed by atoms with Gasteiger partial charge in [-0.15, -0.1) is 0 Å². The minimum atomic E-state index is 0. The molecule has 0 saturated carbocycles. The molecule has 1 saturated heterocycles. The Labute approximate surface area is 115 Å². The molecule has 1 aliphatic heterocycles. The van der Waals surface area contributed by atoms with Crippen molar-refractivity contribution in [2.45, 2.75) is 12.8 Å². The molecule has 1 aliphatic rings. The van der Waals surface area contributed by atoms with Gasteiger partial charge in [0, 0.05) is 29.6 Å². The van der Waals surface area contributed by atoms with Crippen LogP contribution < -0.4 is 0 Å². The Kier molecular flexibility index (Phi) is 11.0. The van der Waals surface area contributed by atoms with Crippen molar-refractivity contribution in [1.82, 2.24) is 9.80 Å². The third kappa shape index (κ3) is 7.11. The van der Waals surface area contributed by atoms with Gasteiger partial charge in [-0.3, -0.25) is 9.80 Å². The zero-order valence-corrected chi connectivity index (χ0v) is 12.3. The maximum absolute atomic E-state index is 3.55. The summed E-state index contributed by atoms with van der Waals surface area (Å²) in [6.07, 6.45) is 2.64. The van der Waals surface area contributed by atoms with Crippen LogP contribution in [0.1, 0.15) is 12.8 Å². The first-order valence-corrected chi connectivity index (χ1v) is 7.02. The van der Waals surface area contributed by atoms with E-state index in [1.165, 1.54) is 52.1 Å². The molecule has 0 aromatic heterocycles. The summed E-state index contributed by atoms with van der Waals surface area (Å²) < 4.78 is 0. The van der Waals surface area contributed by atoms with Gasteiger partial charge in [0.1, 0.15) is 11.5 Å². The van der Waals surface area contributed by atoms with Crippen LogP contribution in [0.4, 0.5) is 0 Å². The van der Waals surface area contributed by atoms with Crippen LogP contribution in [-0.2, 0) is 41.7 Å². The van der Waals surface area contributed by atoms with E-state index in [9.17, 15) is 0 Å². The Morgan fingerprint density at radius 1 is 0.733 bits per heavy atom. The molecule has 2 nitrogen and oxygen atoms in total. The van der Waals surface area contributed by atoms with Crippen molar-refractivity contribution in [3.05, 3.63) is 0 Å².